The van der Waals surface area contributed by atoms with Crippen LogP contribution < -0.4 is 0 Å². The summed E-state index contributed by atoms with van der Waals surface area (Å²) in [6, 6.07) is 0. The van der Waals surface area contributed by atoms with Gasteiger partial charge in [0.1, 0.15) is 10.4 Å². The molecule has 1 atom stereocenters. The first-order valence-corrected chi connectivity index (χ1v) is 5.86. The zero-order valence-corrected chi connectivity index (χ0v) is 10.3. The number of rotatable bonds is 2. The Balaban J connectivity index is 2.46. The van der Waals surface area contributed by atoms with Gasteiger partial charge in [0.05, 0.1) is 9.98 Å². The number of hydrogen-bond donors (Lipinski definition) is 1. The minimum Gasteiger partial charge on any atom is -0.480 e. The standard InChI is InChI=1S/C9H10BrNO2S/c1-8(2)4-9(8,7(12)13)6-11-3-5(10)14-6/h3H,4H2,1-2H3,(H,12,13). The highest BCUT2D eigenvalue weighted by atomic mass is 79.9. The van der Waals surface area contributed by atoms with Crippen LogP contribution in [0.2, 0.25) is 0 Å². The molecule has 1 heterocycles. The molecule has 14 heavy (non-hydrogen) atoms. The average Bonchev–Trinajstić information content (AvgIpc) is 2.44. The van der Waals surface area contributed by atoms with Crippen molar-refractivity contribution >= 4 is 33.2 Å². The van der Waals surface area contributed by atoms with Crippen molar-refractivity contribution < 1.29 is 9.90 Å². The third-order valence-electron chi connectivity index (χ3n) is 2.95. The summed E-state index contributed by atoms with van der Waals surface area (Å²) in [5, 5.41) is 9.96. The topological polar surface area (TPSA) is 50.2 Å². The Morgan fingerprint density at radius 2 is 2.29 bits per heavy atom. The smallest absolute Gasteiger partial charge is 0.317 e. The maximum absolute atomic E-state index is 11.3. The Hall–Kier alpha value is -0.420. The number of aromatic nitrogens is 1. The molecule has 76 valence electrons. The molecule has 0 aliphatic heterocycles. The number of carbonyl (C=O) groups is 1. The molecule has 1 aromatic heterocycles. The minimum absolute atomic E-state index is 0.171. The van der Waals surface area contributed by atoms with Crippen LogP contribution >= 0.6 is 27.3 Å². The summed E-state index contributed by atoms with van der Waals surface area (Å²) >= 11 is 4.71. The summed E-state index contributed by atoms with van der Waals surface area (Å²) in [6.45, 7) is 3.94. The van der Waals surface area contributed by atoms with Gasteiger partial charge >= 0.3 is 5.97 Å². The lowest BCUT2D eigenvalue weighted by Crippen LogP contribution is -2.25. The van der Waals surface area contributed by atoms with Gasteiger partial charge in [0.2, 0.25) is 0 Å². The fourth-order valence-corrected chi connectivity index (χ4v) is 3.46. The lowest BCUT2D eigenvalue weighted by atomic mass is 9.97. The fraction of sp³-hybridized carbons (Fsp3) is 0.556. The van der Waals surface area contributed by atoms with Crippen molar-refractivity contribution in [3.8, 4) is 0 Å². The van der Waals surface area contributed by atoms with Crippen LogP contribution in [-0.2, 0) is 10.2 Å². The van der Waals surface area contributed by atoms with E-state index < -0.39 is 11.4 Å². The number of carboxylic acids is 1. The molecule has 1 fully saturated rings. The van der Waals surface area contributed by atoms with Crippen molar-refractivity contribution in [1.82, 2.24) is 4.98 Å². The molecule has 0 bridgehead atoms. The first-order chi connectivity index (χ1) is 6.40. The molecule has 0 saturated heterocycles. The molecule has 2 rings (SSSR count). The van der Waals surface area contributed by atoms with Crippen LogP contribution in [0.4, 0.5) is 0 Å². The Bertz CT molecular complexity index is 401. The van der Waals surface area contributed by atoms with E-state index >= 15 is 0 Å². The van der Waals surface area contributed by atoms with Crippen LogP contribution in [0.5, 0.6) is 0 Å². The Morgan fingerprint density at radius 1 is 1.71 bits per heavy atom. The van der Waals surface area contributed by atoms with Gasteiger partial charge in [0.25, 0.3) is 0 Å². The summed E-state index contributed by atoms with van der Waals surface area (Å²) in [5.74, 6) is -0.760. The van der Waals surface area contributed by atoms with Crippen molar-refractivity contribution in [3.63, 3.8) is 0 Å². The van der Waals surface area contributed by atoms with Gasteiger partial charge < -0.3 is 5.11 Å². The number of thiazole rings is 1. The predicted octanol–water partition coefficient (Wildman–Crippen LogP) is 2.66. The molecule has 1 saturated carbocycles. The summed E-state index contributed by atoms with van der Waals surface area (Å²) in [5.41, 5.74) is -0.917. The van der Waals surface area contributed by atoms with Crippen LogP contribution in [0.15, 0.2) is 9.98 Å². The van der Waals surface area contributed by atoms with Crippen LogP contribution in [0.25, 0.3) is 0 Å². The molecule has 1 N–H and O–H groups in total. The number of nitrogens with zero attached hydrogens (tertiary/aromatic N) is 1. The molecule has 5 heteroatoms. The van der Waals surface area contributed by atoms with Gasteiger partial charge in [0.15, 0.2) is 0 Å². The van der Waals surface area contributed by atoms with Gasteiger partial charge in [-0.25, -0.2) is 4.98 Å². The van der Waals surface area contributed by atoms with Crippen molar-refractivity contribution in [2.75, 3.05) is 0 Å². The molecular weight excluding hydrogens is 266 g/mol. The van der Waals surface area contributed by atoms with E-state index in [4.69, 9.17) is 0 Å². The third kappa shape index (κ3) is 1.15. The highest BCUT2D eigenvalue weighted by Crippen LogP contribution is 2.65. The maximum atomic E-state index is 11.3. The van der Waals surface area contributed by atoms with Gasteiger partial charge in [-0.2, -0.15) is 0 Å². The number of hydrogen-bond acceptors (Lipinski definition) is 3. The first-order valence-electron chi connectivity index (χ1n) is 4.25. The van der Waals surface area contributed by atoms with Gasteiger partial charge in [-0.15, -0.1) is 11.3 Å². The zero-order chi connectivity index (χ0) is 10.6. The second-order valence-corrected chi connectivity index (χ2v) is 6.65. The third-order valence-corrected chi connectivity index (χ3v) is 4.58. The normalized spacial score (nSPS) is 28.8. The van der Waals surface area contributed by atoms with Crippen LogP contribution in [0.1, 0.15) is 25.3 Å². The van der Waals surface area contributed by atoms with Crippen LogP contribution in [0, 0.1) is 5.41 Å². The number of aliphatic carboxylic acids is 1. The maximum Gasteiger partial charge on any atom is 0.317 e. The van der Waals surface area contributed by atoms with E-state index in [0.29, 0.717) is 11.4 Å². The predicted molar refractivity (Wildman–Crippen MR) is 57.5 cm³/mol. The summed E-state index contributed by atoms with van der Waals surface area (Å²) < 4.78 is 0.885. The molecular formula is C9H10BrNO2S. The Labute approximate surface area is 94.3 Å². The van der Waals surface area contributed by atoms with Gasteiger partial charge in [0, 0.05) is 0 Å². The van der Waals surface area contributed by atoms with Crippen LogP contribution in [-0.4, -0.2) is 16.1 Å². The SMILES string of the molecule is CC1(C)CC1(C(=O)O)c1ncc(Br)s1. The zero-order valence-electron chi connectivity index (χ0n) is 7.87. The molecule has 0 amide bonds. The number of carboxylic acid groups (broad SMARTS) is 1. The first kappa shape index (κ1) is 10.1. The van der Waals surface area contributed by atoms with E-state index in [0.717, 1.165) is 3.79 Å². The minimum atomic E-state index is -0.760. The molecule has 1 unspecified atom stereocenters. The van der Waals surface area contributed by atoms with E-state index in [-0.39, 0.29) is 5.41 Å². The molecule has 0 spiro atoms. The second kappa shape index (κ2) is 2.79. The van der Waals surface area contributed by atoms with E-state index in [2.05, 4.69) is 20.9 Å². The lowest BCUT2D eigenvalue weighted by molar-refractivity contribution is -0.141. The van der Waals surface area contributed by atoms with Gasteiger partial charge in [-0.05, 0) is 27.8 Å². The van der Waals surface area contributed by atoms with Gasteiger partial charge in [-0.3, -0.25) is 4.79 Å². The van der Waals surface area contributed by atoms with Crippen molar-refractivity contribution in [1.29, 1.82) is 0 Å². The summed E-state index contributed by atoms with van der Waals surface area (Å²) in [7, 11) is 0. The summed E-state index contributed by atoms with van der Waals surface area (Å²) in [6.07, 6.45) is 2.34. The summed E-state index contributed by atoms with van der Waals surface area (Å²) in [4.78, 5) is 15.4. The van der Waals surface area contributed by atoms with E-state index in [9.17, 15) is 9.90 Å². The van der Waals surface area contributed by atoms with E-state index in [1.54, 1.807) is 6.20 Å². The average molecular weight is 276 g/mol. The van der Waals surface area contributed by atoms with Crippen molar-refractivity contribution in [3.05, 3.63) is 15.0 Å². The Morgan fingerprint density at radius 3 is 2.57 bits per heavy atom. The van der Waals surface area contributed by atoms with Gasteiger partial charge in [-0.1, -0.05) is 13.8 Å². The molecule has 1 aromatic rings. The molecule has 1 aliphatic carbocycles. The van der Waals surface area contributed by atoms with Crippen molar-refractivity contribution in [2.45, 2.75) is 25.7 Å². The quantitative estimate of drug-likeness (QED) is 0.903. The van der Waals surface area contributed by atoms with Crippen molar-refractivity contribution in [2.24, 2.45) is 5.41 Å². The lowest BCUT2D eigenvalue weighted by Gasteiger charge is -2.11. The molecule has 0 radical (unpaired) electrons. The Kier molecular flexibility index (Phi) is 2.02. The molecule has 3 nitrogen and oxygen atoms in total. The highest BCUT2D eigenvalue weighted by molar-refractivity contribution is 9.11. The van der Waals surface area contributed by atoms with E-state index in [1.807, 2.05) is 13.8 Å². The van der Waals surface area contributed by atoms with E-state index in [1.165, 1.54) is 11.3 Å². The highest BCUT2D eigenvalue weighted by Gasteiger charge is 2.69. The second-order valence-electron chi connectivity index (χ2n) is 4.24. The molecule has 1 aliphatic rings. The monoisotopic (exact) mass is 275 g/mol. The fourth-order valence-electron chi connectivity index (χ4n) is 1.89. The van der Waals surface area contributed by atoms with Crippen LogP contribution in [0.3, 0.4) is 0 Å². The molecule has 0 aromatic carbocycles. The number of halogens is 1. The largest absolute Gasteiger partial charge is 0.480 e.